The van der Waals surface area contributed by atoms with Crippen LogP contribution in [0.5, 0.6) is 0 Å². The summed E-state index contributed by atoms with van der Waals surface area (Å²) in [5, 5.41) is 7.95. The first kappa shape index (κ1) is 11.7. The van der Waals surface area contributed by atoms with E-state index in [0.29, 0.717) is 0 Å². The van der Waals surface area contributed by atoms with Gasteiger partial charge < -0.3 is 0 Å². The van der Waals surface area contributed by atoms with Crippen molar-refractivity contribution in [2.24, 2.45) is 0 Å². The van der Waals surface area contributed by atoms with Crippen LogP contribution in [0.3, 0.4) is 0 Å². The summed E-state index contributed by atoms with van der Waals surface area (Å²) in [4.78, 5) is 0. The molecule has 0 aliphatic carbocycles. The maximum Gasteiger partial charge on any atom is 0.123 e. The first-order valence-electron chi connectivity index (χ1n) is 5.60. The molecule has 2 nitrogen and oxygen atoms in total. The van der Waals surface area contributed by atoms with Crippen molar-refractivity contribution >= 4 is 0 Å². The molecule has 0 saturated carbocycles. The van der Waals surface area contributed by atoms with Gasteiger partial charge in [0.15, 0.2) is 0 Å². The molecule has 1 heterocycles. The molecule has 3 heteroatoms. The largest absolute Gasteiger partial charge is 0.207 e. The Morgan fingerprint density at radius 1 is 1.12 bits per heavy atom. The minimum atomic E-state index is -0.205. The highest BCUT2D eigenvalue weighted by Crippen LogP contribution is 2.26. The lowest BCUT2D eigenvalue weighted by atomic mass is 9.80. The smallest absolute Gasteiger partial charge is 0.123 e. The Morgan fingerprint density at radius 2 is 1.82 bits per heavy atom. The van der Waals surface area contributed by atoms with Gasteiger partial charge in [0.25, 0.3) is 0 Å². The first-order valence-corrected chi connectivity index (χ1v) is 5.60. The van der Waals surface area contributed by atoms with Crippen LogP contribution in [0.2, 0.25) is 0 Å². The van der Waals surface area contributed by atoms with Crippen molar-refractivity contribution in [3.63, 3.8) is 0 Å². The predicted octanol–water partition coefficient (Wildman–Crippen LogP) is 3.14. The number of halogens is 1. The third-order valence-corrected chi connectivity index (χ3v) is 2.88. The molecular weight excluding hydrogens is 215 g/mol. The quantitative estimate of drug-likeness (QED) is 0.809. The summed E-state index contributed by atoms with van der Waals surface area (Å²) in [5.74, 6) is -0.205. The molecule has 0 amide bonds. The summed E-state index contributed by atoms with van der Waals surface area (Å²) in [7, 11) is 0. The fourth-order valence-corrected chi connectivity index (χ4v) is 1.88. The summed E-state index contributed by atoms with van der Waals surface area (Å²) < 4.78 is 12.9. The Kier molecular flexibility index (Phi) is 3.18. The first-order chi connectivity index (χ1) is 8.08. The van der Waals surface area contributed by atoms with Gasteiger partial charge in [-0.25, -0.2) is 4.39 Å². The third kappa shape index (κ3) is 2.87. The van der Waals surface area contributed by atoms with Gasteiger partial charge in [0, 0.05) is 12.6 Å². The minimum Gasteiger partial charge on any atom is -0.207 e. The molecule has 0 saturated heterocycles. The molecule has 0 unspecified atom stereocenters. The van der Waals surface area contributed by atoms with Gasteiger partial charge in [0.1, 0.15) is 5.82 Å². The Hall–Kier alpha value is -1.77. The average molecular weight is 230 g/mol. The highest BCUT2D eigenvalue weighted by Gasteiger charge is 2.21. The molecule has 0 bridgehead atoms. The lowest BCUT2D eigenvalue weighted by Gasteiger charge is -2.24. The van der Waals surface area contributed by atoms with Crippen molar-refractivity contribution in [3.8, 4) is 0 Å². The maximum absolute atomic E-state index is 12.9. The molecular formula is C14H15FN2. The molecule has 0 atom stereocenters. The van der Waals surface area contributed by atoms with Gasteiger partial charge in [-0.2, -0.15) is 10.2 Å². The zero-order valence-electron chi connectivity index (χ0n) is 10.0. The van der Waals surface area contributed by atoms with Crippen LogP contribution in [-0.4, -0.2) is 10.2 Å². The molecule has 0 aliphatic rings. The predicted molar refractivity (Wildman–Crippen MR) is 65.2 cm³/mol. The van der Waals surface area contributed by atoms with Crippen LogP contribution in [0.1, 0.15) is 25.1 Å². The Labute approximate surface area is 101 Å². The third-order valence-electron chi connectivity index (χ3n) is 2.88. The van der Waals surface area contributed by atoms with Crippen molar-refractivity contribution in [1.29, 1.82) is 0 Å². The van der Waals surface area contributed by atoms with Crippen molar-refractivity contribution in [1.82, 2.24) is 10.2 Å². The molecule has 0 radical (unpaired) electrons. The summed E-state index contributed by atoms with van der Waals surface area (Å²) in [6.07, 6.45) is 2.45. The van der Waals surface area contributed by atoms with Gasteiger partial charge in [-0.05, 0) is 35.2 Å². The van der Waals surface area contributed by atoms with E-state index in [1.165, 1.54) is 12.1 Å². The zero-order valence-corrected chi connectivity index (χ0v) is 10.0. The monoisotopic (exact) mass is 230 g/mol. The Bertz CT molecular complexity index is 477. The number of nitrogens with zero attached hydrogens (tertiary/aromatic N) is 2. The van der Waals surface area contributed by atoms with E-state index in [-0.39, 0.29) is 11.2 Å². The average Bonchev–Trinajstić information content (AvgIpc) is 2.30. The molecule has 0 N–H and O–H groups in total. The van der Waals surface area contributed by atoms with Gasteiger partial charge in [0.2, 0.25) is 0 Å². The second-order valence-electron chi connectivity index (χ2n) is 4.78. The summed E-state index contributed by atoms with van der Waals surface area (Å²) in [6, 6.07) is 10.5. The van der Waals surface area contributed by atoms with Gasteiger partial charge in [-0.3, -0.25) is 0 Å². The van der Waals surface area contributed by atoms with Crippen LogP contribution in [0.4, 0.5) is 4.39 Å². The highest BCUT2D eigenvalue weighted by molar-refractivity contribution is 5.26. The SMILES string of the molecule is CC(C)(Cc1cccnn1)c1ccc(F)cc1. The van der Waals surface area contributed by atoms with E-state index in [1.54, 1.807) is 6.20 Å². The summed E-state index contributed by atoms with van der Waals surface area (Å²) in [6.45, 7) is 4.24. The van der Waals surface area contributed by atoms with Crippen LogP contribution in [0, 0.1) is 5.82 Å². The van der Waals surface area contributed by atoms with Gasteiger partial charge in [-0.1, -0.05) is 26.0 Å². The minimum absolute atomic E-state index is 0.0796. The van der Waals surface area contributed by atoms with Crippen molar-refractivity contribution < 1.29 is 4.39 Å². The van der Waals surface area contributed by atoms with E-state index in [1.807, 2.05) is 24.3 Å². The fraction of sp³-hybridized carbons (Fsp3) is 0.286. The number of aromatic nitrogens is 2. The van der Waals surface area contributed by atoms with E-state index in [9.17, 15) is 4.39 Å². The molecule has 17 heavy (non-hydrogen) atoms. The van der Waals surface area contributed by atoms with E-state index in [4.69, 9.17) is 0 Å². The van der Waals surface area contributed by atoms with Crippen LogP contribution >= 0.6 is 0 Å². The van der Waals surface area contributed by atoms with Crippen molar-refractivity contribution in [2.45, 2.75) is 25.7 Å². The van der Waals surface area contributed by atoms with Gasteiger partial charge in [-0.15, -0.1) is 0 Å². The number of rotatable bonds is 3. The zero-order chi connectivity index (χ0) is 12.3. The van der Waals surface area contributed by atoms with Gasteiger partial charge >= 0.3 is 0 Å². The molecule has 1 aromatic carbocycles. The summed E-state index contributed by atoms with van der Waals surface area (Å²) >= 11 is 0. The lowest BCUT2D eigenvalue weighted by Crippen LogP contribution is -2.21. The molecule has 88 valence electrons. The number of hydrogen-bond donors (Lipinski definition) is 0. The van der Waals surface area contributed by atoms with Crippen LogP contribution < -0.4 is 0 Å². The normalized spacial score (nSPS) is 11.5. The van der Waals surface area contributed by atoms with E-state index < -0.39 is 0 Å². The molecule has 0 fully saturated rings. The van der Waals surface area contributed by atoms with Crippen LogP contribution in [0.25, 0.3) is 0 Å². The van der Waals surface area contributed by atoms with Gasteiger partial charge in [0.05, 0.1) is 5.69 Å². The lowest BCUT2D eigenvalue weighted by molar-refractivity contribution is 0.510. The van der Waals surface area contributed by atoms with E-state index >= 15 is 0 Å². The number of hydrogen-bond acceptors (Lipinski definition) is 2. The molecule has 2 aromatic rings. The van der Waals surface area contributed by atoms with Crippen molar-refractivity contribution in [3.05, 3.63) is 59.7 Å². The Balaban J connectivity index is 2.21. The Morgan fingerprint density at radius 3 is 2.41 bits per heavy atom. The van der Waals surface area contributed by atoms with Crippen LogP contribution in [-0.2, 0) is 11.8 Å². The fourth-order valence-electron chi connectivity index (χ4n) is 1.88. The second kappa shape index (κ2) is 4.62. The van der Waals surface area contributed by atoms with Crippen molar-refractivity contribution in [2.75, 3.05) is 0 Å². The van der Waals surface area contributed by atoms with E-state index in [0.717, 1.165) is 17.7 Å². The molecule has 0 aliphatic heterocycles. The molecule has 0 spiro atoms. The standard InChI is InChI=1S/C14H15FN2/c1-14(2,10-13-4-3-9-16-17-13)11-5-7-12(15)8-6-11/h3-9H,10H2,1-2H3. The van der Waals surface area contributed by atoms with Crippen LogP contribution in [0.15, 0.2) is 42.6 Å². The van der Waals surface area contributed by atoms with E-state index in [2.05, 4.69) is 24.0 Å². The maximum atomic E-state index is 12.9. The number of benzene rings is 1. The highest BCUT2D eigenvalue weighted by atomic mass is 19.1. The molecule has 1 aromatic heterocycles. The summed E-state index contributed by atoms with van der Waals surface area (Å²) in [5.41, 5.74) is 1.97. The second-order valence-corrected chi connectivity index (χ2v) is 4.78. The topological polar surface area (TPSA) is 25.8 Å². The molecule has 2 rings (SSSR count).